The maximum absolute atomic E-state index is 3.69. The lowest BCUT2D eigenvalue weighted by atomic mass is 9.92. The molecule has 17 heavy (non-hydrogen) atoms. The van der Waals surface area contributed by atoms with Gasteiger partial charge in [0.25, 0.3) is 0 Å². The first-order valence-corrected chi connectivity index (χ1v) is 6.83. The summed E-state index contributed by atoms with van der Waals surface area (Å²) in [6, 6.07) is 9.53. The SMILES string of the molecule is CC(C)c1cccc(NC2CCC(C)(C)C2)c1. The molecule has 0 amide bonds. The Bertz CT molecular complexity index is 379. The average molecular weight is 231 g/mol. The van der Waals surface area contributed by atoms with Gasteiger partial charge in [-0.05, 0) is 48.3 Å². The van der Waals surface area contributed by atoms with Gasteiger partial charge in [-0.2, -0.15) is 0 Å². The van der Waals surface area contributed by atoms with Crippen molar-refractivity contribution in [3.8, 4) is 0 Å². The highest BCUT2D eigenvalue weighted by molar-refractivity contribution is 5.47. The normalized spacial score (nSPS) is 23.0. The monoisotopic (exact) mass is 231 g/mol. The number of benzene rings is 1. The fraction of sp³-hybridized carbons (Fsp3) is 0.625. The van der Waals surface area contributed by atoms with Crippen molar-refractivity contribution >= 4 is 5.69 Å². The van der Waals surface area contributed by atoms with Gasteiger partial charge in [0.15, 0.2) is 0 Å². The minimum atomic E-state index is 0.521. The lowest BCUT2D eigenvalue weighted by Crippen LogP contribution is -2.17. The fourth-order valence-electron chi connectivity index (χ4n) is 2.78. The molecule has 0 radical (unpaired) electrons. The lowest BCUT2D eigenvalue weighted by Gasteiger charge is -2.19. The van der Waals surface area contributed by atoms with Crippen LogP contribution in [0.2, 0.25) is 0 Å². The van der Waals surface area contributed by atoms with E-state index in [4.69, 9.17) is 0 Å². The molecule has 1 aromatic carbocycles. The van der Waals surface area contributed by atoms with Crippen LogP contribution in [0.4, 0.5) is 5.69 Å². The molecule has 1 fully saturated rings. The third-order valence-electron chi connectivity index (χ3n) is 3.89. The Morgan fingerprint density at radius 2 is 2.06 bits per heavy atom. The van der Waals surface area contributed by atoms with E-state index in [1.165, 1.54) is 30.5 Å². The van der Waals surface area contributed by atoms with E-state index in [1.807, 2.05) is 0 Å². The van der Waals surface area contributed by atoms with E-state index in [1.54, 1.807) is 0 Å². The first kappa shape index (κ1) is 12.5. The van der Waals surface area contributed by atoms with Crippen molar-refractivity contribution in [1.29, 1.82) is 0 Å². The minimum absolute atomic E-state index is 0.521. The molecule has 1 atom stereocenters. The molecule has 0 spiro atoms. The molecule has 1 aromatic rings. The van der Waals surface area contributed by atoms with Crippen molar-refractivity contribution in [2.24, 2.45) is 5.41 Å². The highest BCUT2D eigenvalue weighted by Crippen LogP contribution is 2.38. The second-order valence-corrected chi connectivity index (χ2v) is 6.53. The van der Waals surface area contributed by atoms with Gasteiger partial charge >= 0.3 is 0 Å². The van der Waals surface area contributed by atoms with E-state index in [9.17, 15) is 0 Å². The van der Waals surface area contributed by atoms with Crippen molar-refractivity contribution in [1.82, 2.24) is 0 Å². The van der Waals surface area contributed by atoms with Crippen LogP contribution in [-0.2, 0) is 0 Å². The maximum atomic E-state index is 3.69. The summed E-state index contributed by atoms with van der Waals surface area (Å²) in [7, 11) is 0. The number of nitrogens with one attached hydrogen (secondary N) is 1. The molecule has 0 bridgehead atoms. The van der Waals surface area contributed by atoms with Crippen molar-refractivity contribution in [2.45, 2.75) is 58.9 Å². The Morgan fingerprint density at radius 1 is 1.29 bits per heavy atom. The smallest absolute Gasteiger partial charge is 0.0345 e. The Morgan fingerprint density at radius 3 is 2.65 bits per heavy atom. The van der Waals surface area contributed by atoms with E-state index < -0.39 is 0 Å². The molecule has 94 valence electrons. The molecule has 1 unspecified atom stereocenters. The fourth-order valence-corrected chi connectivity index (χ4v) is 2.78. The van der Waals surface area contributed by atoms with Crippen LogP contribution >= 0.6 is 0 Å². The number of hydrogen-bond acceptors (Lipinski definition) is 1. The minimum Gasteiger partial charge on any atom is -0.382 e. The molecule has 1 N–H and O–H groups in total. The second-order valence-electron chi connectivity index (χ2n) is 6.53. The molecule has 1 nitrogen and oxygen atoms in total. The van der Waals surface area contributed by atoms with Crippen LogP contribution in [0.25, 0.3) is 0 Å². The van der Waals surface area contributed by atoms with E-state index in [-0.39, 0.29) is 0 Å². The number of rotatable bonds is 3. The van der Waals surface area contributed by atoms with Gasteiger partial charge in [0.1, 0.15) is 0 Å². The van der Waals surface area contributed by atoms with Crippen molar-refractivity contribution in [3.05, 3.63) is 29.8 Å². The van der Waals surface area contributed by atoms with E-state index in [2.05, 4.69) is 57.3 Å². The van der Waals surface area contributed by atoms with Gasteiger partial charge in [-0.25, -0.2) is 0 Å². The van der Waals surface area contributed by atoms with Crippen LogP contribution in [0.1, 0.15) is 58.4 Å². The molecule has 0 heterocycles. The van der Waals surface area contributed by atoms with Crippen molar-refractivity contribution < 1.29 is 0 Å². The molecular weight excluding hydrogens is 206 g/mol. The molecule has 1 heteroatoms. The highest BCUT2D eigenvalue weighted by atomic mass is 14.9. The predicted molar refractivity (Wildman–Crippen MR) is 75.6 cm³/mol. The van der Waals surface area contributed by atoms with Gasteiger partial charge in [0.2, 0.25) is 0 Å². The van der Waals surface area contributed by atoms with E-state index in [0.717, 1.165) is 0 Å². The molecule has 0 saturated heterocycles. The Kier molecular flexibility index (Phi) is 3.46. The van der Waals surface area contributed by atoms with Gasteiger partial charge in [-0.1, -0.05) is 39.8 Å². The summed E-state index contributed by atoms with van der Waals surface area (Å²) in [6.07, 6.45) is 3.94. The summed E-state index contributed by atoms with van der Waals surface area (Å²) >= 11 is 0. The van der Waals surface area contributed by atoms with Gasteiger partial charge in [0.05, 0.1) is 0 Å². The zero-order chi connectivity index (χ0) is 12.5. The van der Waals surface area contributed by atoms with Gasteiger partial charge in [-0.3, -0.25) is 0 Å². The molecule has 2 rings (SSSR count). The number of anilines is 1. The topological polar surface area (TPSA) is 12.0 Å². The van der Waals surface area contributed by atoms with Gasteiger partial charge in [-0.15, -0.1) is 0 Å². The summed E-state index contributed by atoms with van der Waals surface area (Å²) in [5.74, 6) is 0.608. The van der Waals surface area contributed by atoms with Gasteiger partial charge in [0, 0.05) is 11.7 Å². The van der Waals surface area contributed by atoms with Crippen LogP contribution in [0, 0.1) is 5.41 Å². The predicted octanol–water partition coefficient (Wildman–Crippen LogP) is 4.80. The van der Waals surface area contributed by atoms with Gasteiger partial charge < -0.3 is 5.32 Å². The standard InChI is InChI=1S/C16H25N/c1-12(2)13-6-5-7-14(10-13)17-15-8-9-16(3,4)11-15/h5-7,10,12,15,17H,8-9,11H2,1-4H3. The quantitative estimate of drug-likeness (QED) is 0.788. The van der Waals surface area contributed by atoms with Crippen molar-refractivity contribution in [2.75, 3.05) is 5.32 Å². The van der Waals surface area contributed by atoms with Crippen LogP contribution in [0.5, 0.6) is 0 Å². The third kappa shape index (κ3) is 3.24. The zero-order valence-corrected chi connectivity index (χ0v) is 11.6. The highest BCUT2D eigenvalue weighted by Gasteiger charge is 2.30. The molecule has 1 saturated carbocycles. The Labute approximate surface area is 106 Å². The number of hydrogen-bond donors (Lipinski definition) is 1. The molecule has 1 aliphatic carbocycles. The maximum Gasteiger partial charge on any atom is 0.0345 e. The molecule has 0 aromatic heterocycles. The van der Waals surface area contributed by atoms with Crippen molar-refractivity contribution in [3.63, 3.8) is 0 Å². The summed E-state index contributed by atoms with van der Waals surface area (Å²) in [6.45, 7) is 9.24. The van der Waals surface area contributed by atoms with E-state index >= 15 is 0 Å². The van der Waals surface area contributed by atoms with Crippen LogP contribution in [0.15, 0.2) is 24.3 Å². The van der Waals surface area contributed by atoms with Crippen LogP contribution in [-0.4, -0.2) is 6.04 Å². The average Bonchev–Trinajstić information content (AvgIpc) is 2.58. The van der Waals surface area contributed by atoms with Crippen LogP contribution < -0.4 is 5.32 Å². The lowest BCUT2D eigenvalue weighted by molar-refractivity contribution is 0.378. The van der Waals surface area contributed by atoms with E-state index in [0.29, 0.717) is 17.4 Å². The first-order valence-electron chi connectivity index (χ1n) is 6.83. The third-order valence-corrected chi connectivity index (χ3v) is 3.89. The largest absolute Gasteiger partial charge is 0.382 e. The summed E-state index contributed by atoms with van der Waals surface area (Å²) in [5, 5.41) is 3.69. The van der Waals surface area contributed by atoms with Crippen LogP contribution in [0.3, 0.4) is 0 Å². The zero-order valence-electron chi connectivity index (χ0n) is 11.6. The summed E-state index contributed by atoms with van der Waals surface area (Å²) in [5.41, 5.74) is 3.24. The first-order chi connectivity index (χ1) is 7.96. The molecule has 1 aliphatic rings. The summed E-state index contributed by atoms with van der Waals surface area (Å²) < 4.78 is 0. The second kappa shape index (κ2) is 4.72. The summed E-state index contributed by atoms with van der Waals surface area (Å²) in [4.78, 5) is 0. The molecule has 0 aliphatic heterocycles. The Balaban J connectivity index is 2.02. The Hall–Kier alpha value is -0.980. The molecular formula is C16H25N.